The van der Waals surface area contributed by atoms with E-state index in [2.05, 4.69) is 26.1 Å². The van der Waals surface area contributed by atoms with Crippen LogP contribution in [0.25, 0.3) is 0 Å². The molecule has 2 rings (SSSR count). The highest BCUT2D eigenvalue weighted by Crippen LogP contribution is 2.33. The van der Waals surface area contributed by atoms with Crippen LogP contribution in [0, 0.1) is 0 Å². The van der Waals surface area contributed by atoms with E-state index < -0.39 is 11.7 Å². The Kier molecular flexibility index (Phi) is 4.93. The van der Waals surface area contributed by atoms with Crippen LogP contribution in [-0.2, 0) is 10.9 Å². The van der Waals surface area contributed by atoms with Gasteiger partial charge >= 0.3 is 6.18 Å². The summed E-state index contributed by atoms with van der Waals surface area (Å²) in [5, 5.41) is 3.02. The zero-order chi connectivity index (χ0) is 14.8. The molecule has 0 radical (unpaired) electrons. The number of anilines is 1. The van der Waals surface area contributed by atoms with E-state index in [0.29, 0.717) is 23.3 Å². The van der Waals surface area contributed by atoms with Crippen LogP contribution in [0.15, 0.2) is 22.7 Å². The quantitative estimate of drug-likeness (QED) is 0.903. The zero-order valence-electron chi connectivity index (χ0n) is 11.0. The van der Waals surface area contributed by atoms with Crippen LogP contribution in [0.1, 0.15) is 5.56 Å². The predicted octanol–water partition coefficient (Wildman–Crippen LogP) is 3.21. The number of hydrogen-bond donors (Lipinski definition) is 1. The number of nitrogens with zero attached hydrogens (tertiary/aromatic N) is 1. The number of hydrogen-bond acceptors (Lipinski definition) is 3. The first-order valence-corrected chi connectivity index (χ1v) is 7.06. The molecule has 1 N–H and O–H groups in total. The van der Waals surface area contributed by atoms with Crippen molar-refractivity contribution < 1.29 is 17.9 Å². The molecule has 0 bridgehead atoms. The molecule has 0 aliphatic carbocycles. The maximum atomic E-state index is 12.7. The molecule has 3 nitrogen and oxygen atoms in total. The van der Waals surface area contributed by atoms with Gasteiger partial charge in [0.25, 0.3) is 0 Å². The van der Waals surface area contributed by atoms with Crippen LogP contribution >= 0.6 is 15.9 Å². The second-order valence-electron chi connectivity index (χ2n) is 4.83. The number of nitrogens with one attached hydrogen (secondary N) is 1. The Morgan fingerprint density at radius 3 is 2.85 bits per heavy atom. The first-order chi connectivity index (χ1) is 9.36. The molecule has 1 aromatic rings. The second-order valence-corrected chi connectivity index (χ2v) is 5.68. The third-order valence-electron chi connectivity index (χ3n) is 3.16. The fraction of sp³-hybridized carbons (Fsp3) is 0.538. The molecule has 7 heteroatoms. The molecule has 20 heavy (non-hydrogen) atoms. The standard InChI is InChI=1S/C13H16BrF3N2O/c1-19-4-5-20-10(8-19)7-18-12-6-9(13(15,16)17)2-3-11(12)14/h2-3,6,10,18H,4-5,7-8H2,1H3. The number of likely N-dealkylation sites (N-methyl/N-ethyl adjacent to an activating group) is 1. The molecule has 0 saturated carbocycles. The average Bonchev–Trinajstić information content (AvgIpc) is 2.36. The van der Waals surface area contributed by atoms with Crippen molar-refractivity contribution in [3.63, 3.8) is 0 Å². The highest BCUT2D eigenvalue weighted by molar-refractivity contribution is 9.10. The van der Waals surface area contributed by atoms with Crippen molar-refractivity contribution in [1.82, 2.24) is 4.90 Å². The predicted molar refractivity (Wildman–Crippen MR) is 74.9 cm³/mol. The molecule has 0 aromatic heterocycles. The number of benzene rings is 1. The smallest absolute Gasteiger partial charge is 0.381 e. The molecule has 1 heterocycles. The molecule has 1 unspecified atom stereocenters. The number of alkyl halides is 3. The summed E-state index contributed by atoms with van der Waals surface area (Å²) in [6.07, 6.45) is -4.35. The number of ether oxygens (including phenoxy) is 1. The lowest BCUT2D eigenvalue weighted by Gasteiger charge is -2.30. The minimum absolute atomic E-state index is 0.0183. The largest absolute Gasteiger partial charge is 0.416 e. The van der Waals surface area contributed by atoms with Gasteiger partial charge < -0.3 is 15.0 Å². The summed E-state index contributed by atoms with van der Waals surface area (Å²) in [6.45, 7) is 2.77. The van der Waals surface area contributed by atoms with E-state index in [1.807, 2.05) is 7.05 Å². The van der Waals surface area contributed by atoms with Crippen molar-refractivity contribution in [3.05, 3.63) is 28.2 Å². The maximum Gasteiger partial charge on any atom is 0.416 e. The van der Waals surface area contributed by atoms with E-state index in [0.717, 1.165) is 25.2 Å². The van der Waals surface area contributed by atoms with Crippen molar-refractivity contribution in [1.29, 1.82) is 0 Å². The fourth-order valence-corrected chi connectivity index (χ4v) is 2.44. The van der Waals surface area contributed by atoms with Gasteiger partial charge in [-0.25, -0.2) is 0 Å². The van der Waals surface area contributed by atoms with Gasteiger partial charge in [-0.1, -0.05) is 0 Å². The van der Waals surface area contributed by atoms with Gasteiger partial charge in [0, 0.05) is 29.8 Å². The maximum absolute atomic E-state index is 12.7. The fourth-order valence-electron chi connectivity index (χ4n) is 2.05. The van der Waals surface area contributed by atoms with Gasteiger partial charge in [0.1, 0.15) is 0 Å². The van der Waals surface area contributed by atoms with E-state index in [9.17, 15) is 13.2 Å². The monoisotopic (exact) mass is 352 g/mol. The van der Waals surface area contributed by atoms with Gasteiger partial charge in [-0.05, 0) is 41.2 Å². The molecule has 0 amide bonds. The van der Waals surface area contributed by atoms with Gasteiger partial charge in [-0.2, -0.15) is 13.2 Å². The average molecular weight is 353 g/mol. The summed E-state index contributed by atoms with van der Waals surface area (Å²) >= 11 is 3.25. The first kappa shape index (κ1) is 15.6. The van der Waals surface area contributed by atoms with Crippen molar-refractivity contribution in [3.8, 4) is 0 Å². The van der Waals surface area contributed by atoms with Gasteiger partial charge in [0.15, 0.2) is 0 Å². The molecule has 1 saturated heterocycles. The number of halogens is 4. The van der Waals surface area contributed by atoms with E-state index in [-0.39, 0.29) is 6.10 Å². The Morgan fingerprint density at radius 2 is 2.20 bits per heavy atom. The van der Waals surface area contributed by atoms with Crippen molar-refractivity contribution in [2.45, 2.75) is 12.3 Å². The zero-order valence-corrected chi connectivity index (χ0v) is 12.6. The Hall–Kier alpha value is -0.790. The van der Waals surface area contributed by atoms with Crippen LogP contribution in [0.3, 0.4) is 0 Å². The molecule has 1 aliphatic heterocycles. The molecule has 0 spiro atoms. The van der Waals surface area contributed by atoms with E-state index in [1.54, 1.807) is 0 Å². The molecule has 1 aromatic carbocycles. The third-order valence-corrected chi connectivity index (χ3v) is 3.85. The summed E-state index contributed by atoms with van der Waals surface area (Å²) in [4.78, 5) is 2.14. The second kappa shape index (κ2) is 6.32. The van der Waals surface area contributed by atoms with Crippen LogP contribution in [0.4, 0.5) is 18.9 Å². The molecule has 112 valence electrons. The molecule has 1 fully saturated rings. The van der Waals surface area contributed by atoms with E-state index in [1.165, 1.54) is 6.07 Å². The van der Waals surface area contributed by atoms with Crippen molar-refractivity contribution >= 4 is 21.6 Å². The van der Waals surface area contributed by atoms with E-state index in [4.69, 9.17) is 4.74 Å². The van der Waals surface area contributed by atoms with Gasteiger partial charge in [-0.15, -0.1) is 0 Å². The number of rotatable bonds is 3. The SMILES string of the molecule is CN1CCOC(CNc2cc(C(F)(F)F)ccc2Br)C1. The van der Waals surface area contributed by atoms with Crippen molar-refractivity contribution in [2.24, 2.45) is 0 Å². The summed E-state index contributed by atoms with van der Waals surface area (Å²) in [7, 11) is 2.00. The molecule has 1 aliphatic rings. The number of morpholine rings is 1. The Balaban J connectivity index is 2.01. The van der Waals surface area contributed by atoms with Gasteiger partial charge in [-0.3, -0.25) is 0 Å². The Morgan fingerprint density at radius 1 is 1.45 bits per heavy atom. The topological polar surface area (TPSA) is 24.5 Å². The summed E-state index contributed by atoms with van der Waals surface area (Å²) in [6, 6.07) is 3.57. The molecule has 1 atom stereocenters. The molecular formula is C13H16BrF3N2O. The third kappa shape index (κ3) is 4.10. The Labute approximate surface area is 124 Å². The Bertz CT molecular complexity index is 467. The highest BCUT2D eigenvalue weighted by atomic mass is 79.9. The first-order valence-electron chi connectivity index (χ1n) is 6.27. The minimum atomic E-state index is -4.33. The lowest BCUT2D eigenvalue weighted by molar-refractivity contribution is -0.137. The summed E-state index contributed by atoms with van der Waals surface area (Å²) in [5.74, 6) is 0. The van der Waals surface area contributed by atoms with Gasteiger partial charge in [0.2, 0.25) is 0 Å². The highest BCUT2D eigenvalue weighted by Gasteiger charge is 2.31. The minimum Gasteiger partial charge on any atom is -0.381 e. The summed E-state index contributed by atoms with van der Waals surface area (Å²) in [5.41, 5.74) is -0.235. The van der Waals surface area contributed by atoms with Crippen LogP contribution < -0.4 is 5.32 Å². The van der Waals surface area contributed by atoms with E-state index >= 15 is 0 Å². The van der Waals surface area contributed by atoms with Crippen LogP contribution in [0.2, 0.25) is 0 Å². The lowest BCUT2D eigenvalue weighted by Crippen LogP contribution is -2.43. The van der Waals surface area contributed by atoms with Gasteiger partial charge in [0.05, 0.1) is 18.3 Å². The molecular weight excluding hydrogens is 337 g/mol. The van der Waals surface area contributed by atoms with Crippen LogP contribution in [0.5, 0.6) is 0 Å². The lowest BCUT2D eigenvalue weighted by atomic mass is 10.2. The van der Waals surface area contributed by atoms with Crippen LogP contribution in [-0.4, -0.2) is 44.3 Å². The summed E-state index contributed by atoms with van der Waals surface area (Å²) < 4.78 is 44.2. The normalized spacial score (nSPS) is 20.9. The van der Waals surface area contributed by atoms with Crippen molar-refractivity contribution in [2.75, 3.05) is 38.6 Å².